The molecule has 0 bridgehead atoms. The van der Waals surface area contributed by atoms with Gasteiger partial charge in [0.15, 0.2) is 0 Å². The second kappa shape index (κ2) is 6.89. The summed E-state index contributed by atoms with van der Waals surface area (Å²) in [7, 11) is 0. The fourth-order valence-corrected chi connectivity index (χ4v) is 2.13. The zero-order valence-corrected chi connectivity index (χ0v) is 10.6. The monoisotopic (exact) mass is 248 g/mol. The predicted molar refractivity (Wildman–Crippen MR) is 63.0 cm³/mol. The summed E-state index contributed by atoms with van der Waals surface area (Å²) in [5.74, 6) is 0.331. The number of halogens is 2. The van der Waals surface area contributed by atoms with Crippen LogP contribution >= 0.6 is 0 Å². The topological polar surface area (TPSA) is 32.3 Å². The molecule has 1 N–H and O–H groups in total. The minimum atomic E-state index is -2.26. The molecule has 17 heavy (non-hydrogen) atoms. The van der Waals surface area contributed by atoms with E-state index < -0.39 is 6.43 Å². The third-order valence-corrected chi connectivity index (χ3v) is 3.09. The molecular formula is C12H22F2N2O. The van der Waals surface area contributed by atoms with E-state index in [1.807, 2.05) is 13.8 Å². The molecule has 0 spiro atoms. The van der Waals surface area contributed by atoms with Gasteiger partial charge in [-0.25, -0.2) is 8.78 Å². The van der Waals surface area contributed by atoms with E-state index in [4.69, 9.17) is 0 Å². The molecule has 1 rings (SSSR count). The molecule has 1 atom stereocenters. The Kier molecular flexibility index (Phi) is 5.82. The molecule has 1 saturated heterocycles. The van der Waals surface area contributed by atoms with Gasteiger partial charge in [-0.05, 0) is 25.3 Å². The highest BCUT2D eigenvalue weighted by Crippen LogP contribution is 2.16. The maximum Gasteiger partial charge on any atom is 0.251 e. The first-order valence-electron chi connectivity index (χ1n) is 6.27. The van der Waals surface area contributed by atoms with Gasteiger partial charge in [-0.3, -0.25) is 9.69 Å². The number of amides is 1. The smallest absolute Gasteiger partial charge is 0.251 e. The first-order chi connectivity index (χ1) is 7.99. The number of carbonyl (C=O) groups is 1. The number of hydrogen-bond donors (Lipinski definition) is 1. The number of rotatable bonds is 5. The lowest BCUT2D eigenvalue weighted by Gasteiger charge is -2.32. The molecule has 0 saturated carbocycles. The summed E-state index contributed by atoms with van der Waals surface area (Å²) in [5.41, 5.74) is 0. The number of hydrogen-bond acceptors (Lipinski definition) is 2. The Bertz CT molecular complexity index is 247. The Labute approximate surface area is 102 Å². The van der Waals surface area contributed by atoms with Crippen molar-refractivity contribution in [2.45, 2.75) is 33.1 Å². The fraction of sp³-hybridized carbons (Fsp3) is 0.917. The molecule has 0 aromatic rings. The van der Waals surface area contributed by atoms with Gasteiger partial charge in [-0.2, -0.15) is 0 Å². The zero-order chi connectivity index (χ0) is 12.8. The first-order valence-corrected chi connectivity index (χ1v) is 6.27. The van der Waals surface area contributed by atoms with Crippen molar-refractivity contribution in [3.8, 4) is 0 Å². The molecule has 1 amide bonds. The molecule has 5 heteroatoms. The van der Waals surface area contributed by atoms with Crippen LogP contribution in [0, 0.1) is 11.8 Å². The minimum absolute atomic E-state index is 0.0178. The van der Waals surface area contributed by atoms with Gasteiger partial charge in [-0.1, -0.05) is 13.8 Å². The van der Waals surface area contributed by atoms with Crippen LogP contribution in [0.2, 0.25) is 0 Å². The van der Waals surface area contributed by atoms with Crippen molar-refractivity contribution in [3.63, 3.8) is 0 Å². The van der Waals surface area contributed by atoms with E-state index >= 15 is 0 Å². The molecule has 0 aliphatic carbocycles. The van der Waals surface area contributed by atoms with Crippen LogP contribution in [0.15, 0.2) is 0 Å². The van der Waals surface area contributed by atoms with E-state index in [-0.39, 0.29) is 18.4 Å². The second-order valence-electron chi connectivity index (χ2n) is 5.06. The molecule has 100 valence electrons. The average molecular weight is 248 g/mol. The molecule has 1 unspecified atom stereocenters. The summed E-state index contributed by atoms with van der Waals surface area (Å²) in [4.78, 5) is 13.2. The SMILES string of the molecule is CC(C)C(=O)NCC1CCCN(CC(F)F)C1. The summed E-state index contributed by atoms with van der Waals surface area (Å²) >= 11 is 0. The normalized spacial score (nSPS) is 22.1. The number of piperidine rings is 1. The van der Waals surface area contributed by atoms with Gasteiger partial charge in [-0.15, -0.1) is 0 Å². The van der Waals surface area contributed by atoms with E-state index in [0.29, 0.717) is 19.0 Å². The van der Waals surface area contributed by atoms with E-state index in [9.17, 15) is 13.6 Å². The summed E-state index contributed by atoms with van der Waals surface area (Å²) in [6.45, 7) is 5.58. The van der Waals surface area contributed by atoms with Crippen LogP contribution in [0.5, 0.6) is 0 Å². The van der Waals surface area contributed by atoms with Crippen LogP contribution in [0.3, 0.4) is 0 Å². The molecule has 0 aromatic heterocycles. The van der Waals surface area contributed by atoms with E-state index in [1.54, 1.807) is 4.90 Å². The Hall–Kier alpha value is -0.710. The van der Waals surface area contributed by atoms with Crippen molar-refractivity contribution in [2.75, 3.05) is 26.2 Å². The van der Waals surface area contributed by atoms with Gasteiger partial charge >= 0.3 is 0 Å². The van der Waals surface area contributed by atoms with E-state index in [2.05, 4.69) is 5.32 Å². The highest BCUT2D eigenvalue weighted by molar-refractivity contribution is 5.77. The lowest BCUT2D eigenvalue weighted by atomic mass is 9.98. The van der Waals surface area contributed by atoms with Crippen molar-refractivity contribution >= 4 is 5.91 Å². The van der Waals surface area contributed by atoms with E-state index in [1.165, 1.54) is 0 Å². The summed E-state index contributed by atoms with van der Waals surface area (Å²) in [5, 5.41) is 2.87. The second-order valence-corrected chi connectivity index (χ2v) is 5.06. The third kappa shape index (κ3) is 5.44. The highest BCUT2D eigenvalue weighted by atomic mass is 19.3. The standard InChI is InChI=1S/C12H22F2N2O/c1-9(2)12(17)15-6-10-4-3-5-16(7-10)8-11(13)14/h9-11H,3-8H2,1-2H3,(H,15,17). The number of carbonyl (C=O) groups excluding carboxylic acids is 1. The van der Waals surface area contributed by atoms with Crippen molar-refractivity contribution in [1.29, 1.82) is 0 Å². The fourth-order valence-electron chi connectivity index (χ4n) is 2.13. The van der Waals surface area contributed by atoms with Gasteiger partial charge in [0.25, 0.3) is 6.43 Å². The molecule has 1 aliphatic rings. The zero-order valence-electron chi connectivity index (χ0n) is 10.6. The molecule has 0 radical (unpaired) electrons. The first kappa shape index (κ1) is 14.4. The molecule has 3 nitrogen and oxygen atoms in total. The van der Waals surface area contributed by atoms with Gasteiger partial charge < -0.3 is 5.32 Å². The van der Waals surface area contributed by atoms with Gasteiger partial charge in [0.05, 0.1) is 6.54 Å². The molecule has 1 heterocycles. The van der Waals surface area contributed by atoms with Crippen molar-refractivity contribution in [2.24, 2.45) is 11.8 Å². The lowest BCUT2D eigenvalue weighted by molar-refractivity contribution is -0.124. The van der Waals surface area contributed by atoms with Gasteiger partial charge in [0.1, 0.15) is 0 Å². The Morgan fingerprint density at radius 1 is 1.47 bits per heavy atom. The minimum Gasteiger partial charge on any atom is -0.356 e. The van der Waals surface area contributed by atoms with Crippen LogP contribution in [0.1, 0.15) is 26.7 Å². The van der Waals surface area contributed by atoms with E-state index in [0.717, 1.165) is 19.4 Å². The molecule has 0 aromatic carbocycles. The van der Waals surface area contributed by atoms with Crippen LogP contribution in [0.4, 0.5) is 8.78 Å². The molecular weight excluding hydrogens is 226 g/mol. The van der Waals surface area contributed by atoms with Crippen LogP contribution in [0.25, 0.3) is 0 Å². The van der Waals surface area contributed by atoms with Crippen LogP contribution in [-0.2, 0) is 4.79 Å². The molecule has 1 fully saturated rings. The lowest BCUT2D eigenvalue weighted by Crippen LogP contribution is -2.43. The predicted octanol–water partition coefficient (Wildman–Crippen LogP) is 1.74. The Morgan fingerprint density at radius 2 is 2.18 bits per heavy atom. The summed E-state index contributed by atoms with van der Waals surface area (Å²) in [6, 6.07) is 0. The summed E-state index contributed by atoms with van der Waals surface area (Å²) < 4.78 is 24.5. The number of nitrogens with one attached hydrogen (secondary N) is 1. The largest absolute Gasteiger partial charge is 0.356 e. The van der Waals surface area contributed by atoms with Crippen molar-refractivity contribution in [1.82, 2.24) is 10.2 Å². The number of nitrogens with zero attached hydrogens (tertiary/aromatic N) is 1. The maximum atomic E-state index is 12.3. The van der Waals surface area contributed by atoms with Crippen LogP contribution < -0.4 is 5.32 Å². The van der Waals surface area contributed by atoms with Crippen molar-refractivity contribution in [3.05, 3.63) is 0 Å². The van der Waals surface area contributed by atoms with Gasteiger partial charge in [0, 0.05) is 19.0 Å². The quantitative estimate of drug-likeness (QED) is 0.803. The Morgan fingerprint density at radius 3 is 2.76 bits per heavy atom. The Balaban J connectivity index is 2.27. The molecule has 1 aliphatic heterocycles. The third-order valence-electron chi connectivity index (χ3n) is 3.09. The summed E-state index contributed by atoms with van der Waals surface area (Å²) in [6.07, 6.45) is -0.313. The number of alkyl halides is 2. The highest BCUT2D eigenvalue weighted by Gasteiger charge is 2.22. The van der Waals surface area contributed by atoms with Gasteiger partial charge in [0.2, 0.25) is 5.91 Å². The van der Waals surface area contributed by atoms with Crippen molar-refractivity contribution < 1.29 is 13.6 Å². The van der Waals surface area contributed by atoms with Crippen LogP contribution in [-0.4, -0.2) is 43.4 Å². The number of likely N-dealkylation sites (tertiary alicyclic amines) is 1. The maximum absolute atomic E-state index is 12.3. The average Bonchev–Trinajstić information content (AvgIpc) is 2.25.